The Hall–Kier alpha value is -1.88. The molecular weight excluding hydrogens is 337 g/mol. The molecule has 118 valence electrons. The molecule has 0 fully saturated rings. The number of amides is 1. The second-order valence-corrected chi connectivity index (χ2v) is 6.36. The van der Waals surface area contributed by atoms with Gasteiger partial charge in [-0.05, 0) is 30.7 Å². The number of rotatable bonds is 3. The Labute approximate surface area is 143 Å². The third-order valence-corrected chi connectivity index (χ3v) is 4.73. The molecule has 1 atom stereocenters. The largest absolute Gasteiger partial charge is 0.375 e. The maximum atomic E-state index is 12.5. The molecule has 1 amide bonds. The molecule has 2 aromatic rings. The molecule has 0 saturated heterocycles. The minimum atomic E-state index is -1.88. The molecular formula is C17H13Cl2NO3. The number of fused-ring (bicyclic) bond motifs is 1. The van der Waals surface area contributed by atoms with Gasteiger partial charge < -0.3 is 10.4 Å². The molecule has 2 aromatic carbocycles. The molecule has 0 spiro atoms. The molecule has 0 aromatic heterocycles. The van der Waals surface area contributed by atoms with Gasteiger partial charge in [0.05, 0.1) is 22.2 Å². The van der Waals surface area contributed by atoms with Crippen molar-refractivity contribution in [1.82, 2.24) is 0 Å². The van der Waals surface area contributed by atoms with E-state index in [2.05, 4.69) is 5.32 Å². The van der Waals surface area contributed by atoms with Gasteiger partial charge in [-0.3, -0.25) is 9.59 Å². The van der Waals surface area contributed by atoms with Crippen LogP contribution in [-0.4, -0.2) is 16.8 Å². The van der Waals surface area contributed by atoms with E-state index in [-0.39, 0.29) is 11.4 Å². The molecule has 0 aliphatic carbocycles. The lowest BCUT2D eigenvalue weighted by molar-refractivity contribution is -0.133. The molecule has 6 heteroatoms. The smallest absolute Gasteiger partial charge is 0.261 e. The van der Waals surface area contributed by atoms with Crippen LogP contribution in [0.25, 0.3) is 0 Å². The maximum absolute atomic E-state index is 12.5. The van der Waals surface area contributed by atoms with Gasteiger partial charge in [-0.1, -0.05) is 41.4 Å². The number of carbonyl (C=O) groups excluding carboxylic acids is 2. The average molecular weight is 350 g/mol. The predicted molar refractivity (Wildman–Crippen MR) is 89.1 cm³/mol. The van der Waals surface area contributed by atoms with Crippen LogP contribution in [0.4, 0.5) is 5.69 Å². The quantitative estimate of drug-likeness (QED) is 0.830. The summed E-state index contributed by atoms with van der Waals surface area (Å²) in [6.45, 7) is 1.83. The van der Waals surface area contributed by atoms with Crippen LogP contribution in [0.2, 0.25) is 10.0 Å². The van der Waals surface area contributed by atoms with Crippen molar-refractivity contribution in [1.29, 1.82) is 0 Å². The summed E-state index contributed by atoms with van der Waals surface area (Å²) < 4.78 is 0. The maximum Gasteiger partial charge on any atom is 0.261 e. The average Bonchev–Trinajstić information content (AvgIpc) is 2.75. The topological polar surface area (TPSA) is 66.4 Å². The number of para-hydroxylation sites is 1. The van der Waals surface area contributed by atoms with E-state index in [4.69, 9.17) is 23.2 Å². The number of halogens is 2. The van der Waals surface area contributed by atoms with Crippen LogP contribution >= 0.6 is 23.2 Å². The lowest BCUT2D eigenvalue weighted by atomic mass is 9.87. The molecule has 1 heterocycles. The summed E-state index contributed by atoms with van der Waals surface area (Å²) >= 11 is 11.7. The Morgan fingerprint density at radius 2 is 1.96 bits per heavy atom. The van der Waals surface area contributed by atoms with Crippen molar-refractivity contribution in [3.8, 4) is 0 Å². The van der Waals surface area contributed by atoms with E-state index in [1.807, 2.05) is 13.0 Å². The van der Waals surface area contributed by atoms with Crippen molar-refractivity contribution in [2.45, 2.75) is 18.9 Å². The summed E-state index contributed by atoms with van der Waals surface area (Å²) in [6, 6.07) is 9.66. The van der Waals surface area contributed by atoms with Crippen LogP contribution in [0.1, 0.15) is 27.9 Å². The molecule has 0 bridgehead atoms. The third-order valence-electron chi connectivity index (χ3n) is 3.99. The fourth-order valence-corrected chi connectivity index (χ4v) is 3.00. The highest BCUT2D eigenvalue weighted by Gasteiger charge is 2.47. The predicted octanol–water partition coefficient (Wildman–Crippen LogP) is 3.71. The number of hydrogen-bond acceptors (Lipinski definition) is 3. The molecule has 4 nitrogen and oxygen atoms in total. The Bertz CT molecular complexity index is 835. The minimum Gasteiger partial charge on any atom is -0.375 e. The van der Waals surface area contributed by atoms with E-state index >= 15 is 0 Å². The van der Waals surface area contributed by atoms with Crippen molar-refractivity contribution in [2.24, 2.45) is 0 Å². The Morgan fingerprint density at radius 3 is 2.65 bits per heavy atom. The number of ketones is 1. The fourth-order valence-electron chi connectivity index (χ4n) is 2.70. The van der Waals surface area contributed by atoms with Crippen LogP contribution in [0.5, 0.6) is 0 Å². The summed E-state index contributed by atoms with van der Waals surface area (Å²) in [6.07, 6.45) is -0.368. The van der Waals surface area contributed by atoms with Gasteiger partial charge in [0.15, 0.2) is 11.4 Å². The first kappa shape index (κ1) is 16.0. The molecule has 1 unspecified atom stereocenters. The normalized spacial score (nSPS) is 19.4. The Kier molecular flexibility index (Phi) is 3.92. The summed E-state index contributed by atoms with van der Waals surface area (Å²) in [5.74, 6) is -0.995. The van der Waals surface area contributed by atoms with Gasteiger partial charge in [-0.15, -0.1) is 0 Å². The lowest BCUT2D eigenvalue weighted by Crippen LogP contribution is -2.36. The first-order valence-corrected chi connectivity index (χ1v) is 7.70. The summed E-state index contributed by atoms with van der Waals surface area (Å²) in [7, 11) is 0. The summed E-state index contributed by atoms with van der Waals surface area (Å²) in [5.41, 5.74) is 0.207. The molecule has 3 rings (SSSR count). The molecule has 2 N–H and O–H groups in total. The van der Waals surface area contributed by atoms with Crippen molar-refractivity contribution >= 4 is 40.6 Å². The first-order valence-electron chi connectivity index (χ1n) is 6.95. The van der Waals surface area contributed by atoms with Crippen LogP contribution in [0.15, 0.2) is 36.4 Å². The highest BCUT2D eigenvalue weighted by Crippen LogP contribution is 2.40. The van der Waals surface area contributed by atoms with Crippen LogP contribution < -0.4 is 5.32 Å². The second kappa shape index (κ2) is 5.64. The third kappa shape index (κ3) is 2.63. The van der Waals surface area contributed by atoms with E-state index in [1.165, 1.54) is 18.2 Å². The standard InChI is InChI=1S/C17H13Cl2NO3/c1-9-3-2-4-11-15(9)20-16(22)17(11,23)8-14(21)10-5-6-12(18)13(19)7-10/h2-7,23H,8H2,1H3,(H,20,22). The van der Waals surface area contributed by atoms with E-state index < -0.39 is 17.3 Å². The number of hydrogen-bond donors (Lipinski definition) is 2. The number of aryl methyl sites for hydroxylation is 1. The summed E-state index contributed by atoms with van der Waals surface area (Å²) in [4.78, 5) is 24.7. The molecule has 0 saturated carbocycles. The Balaban J connectivity index is 1.96. The Morgan fingerprint density at radius 1 is 1.22 bits per heavy atom. The highest BCUT2D eigenvalue weighted by atomic mass is 35.5. The van der Waals surface area contributed by atoms with Gasteiger partial charge in [-0.25, -0.2) is 0 Å². The number of carbonyl (C=O) groups is 2. The molecule has 23 heavy (non-hydrogen) atoms. The molecule has 1 aliphatic rings. The zero-order chi connectivity index (χ0) is 16.8. The van der Waals surface area contributed by atoms with Gasteiger partial charge in [-0.2, -0.15) is 0 Å². The lowest BCUT2D eigenvalue weighted by Gasteiger charge is -2.20. The van der Waals surface area contributed by atoms with Gasteiger partial charge in [0, 0.05) is 11.1 Å². The zero-order valence-electron chi connectivity index (χ0n) is 12.2. The van der Waals surface area contributed by atoms with Gasteiger partial charge >= 0.3 is 0 Å². The fraction of sp³-hybridized carbons (Fsp3) is 0.176. The number of Topliss-reactive ketones (excluding diaryl/α,β-unsaturated/α-hetero) is 1. The van der Waals surface area contributed by atoms with Crippen molar-refractivity contribution in [3.05, 3.63) is 63.1 Å². The van der Waals surface area contributed by atoms with E-state index in [0.29, 0.717) is 21.8 Å². The minimum absolute atomic E-state index is 0.247. The van der Waals surface area contributed by atoms with Gasteiger partial charge in [0.25, 0.3) is 5.91 Å². The number of benzene rings is 2. The number of nitrogens with one attached hydrogen (secondary N) is 1. The van der Waals surface area contributed by atoms with Gasteiger partial charge in [0.1, 0.15) is 0 Å². The van der Waals surface area contributed by atoms with E-state index in [0.717, 1.165) is 5.56 Å². The first-order chi connectivity index (χ1) is 10.8. The molecule has 1 aliphatic heterocycles. The highest BCUT2D eigenvalue weighted by molar-refractivity contribution is 6.42. The zero-order valence-corrected chi connectivity index (χ0v) is 13.7. The van der Waals surface area contributed by atoms with Crippen LogP contribution in [0, 0.1) is 6.92 Å². The van der Waals surface area contributed by atoms with Crippen molar-refractivity contribution < 1.29 is 14.7 Å². The van der Waals surface area contributed by atoms with E-state index in [9.17, 15) is 14.7 Å². The van der Waals surface area contributed by atoms with Crippen molar-refractivity contribution in [3.63, 3.8) is 0 Å². The summed E-state index contributed by atoms with van der Waals surface area (Å²) in [5, 5.41) is 14.0. The monoisotopic (exact) mass is 349 g/mol. The van der Waals surface area contributed by atoms with Gasteiger partial charge in [0.2, 0.25) is 0 Å². The number of aliphatic hydroxyl groups is 1. The van der Waals surface area contributed by atoms with Crippen LogP contribution in [-0.2, 0) is 10.4 Å². The molecule has 0 radical (unpaired) electrons. The SMILES string of the molecule is Cc1cccc2c1NC(=O)C2(O)CC(=O)c1ccc(Cl)c(Cl)c1. The number of anilines is 1. The van der Waals surface area contributed by atoms with Crippen LogP contribution in [0.3, 0.4) is 0 Å². The van der Waals surface area contributed by atoms with E-state index in [1.54, 1.807) is 12.1 Å². The second-order valence-electron chi connectivity index (χ2n) is 5.54. The van der Waals surface area contributed by atoms with Crippen molar-refractivity contribution in [2.75, 3.05) is 5.32 Å².